The van der Waals surface area contributed by atoms with Crippen molar-refractivity contribution in [2.75, 3.05) is 0 Å². The molecule has 0 fully saturated rings. The number of para-hydroxylation sites is 2. The Kier molecular flexibility index (Phi) is 3.23. The highest BCUT2D eigenvalue weighted by molar-refractivity contribution is 5.78. The highest BCUT2D eigenvalue weighted by atomic mass is 16.4. The molecule has 0 atom stereocenters. The Morgan fingerprint density at radius 3 is 2.43 bits per heavy atom. The van der Waals surface area contributed by atoms with E-state index in [1.807, 2.05) is 6.07 Å². The minimum absolute atomic E-state index is 0.220. The van der Waals surface area contributed by atoms with E-state index in [0.717, 1.165) is 0 Å². The Hall–Kier alpha value is -2.95. The van der Waals surface area contributed by atoms with Gasteiger partial charge in [-0.05, 0) is 24.3 Å². The second-order valence-corrected chi connectivity index (χ2v) is 4.59. The Labute approximate surface area is 120 Å². The second kappa shape index (κ2) is 5.20. The molecule has 0 amide bonds. The summed E-state index contributed by atoms with van der Waals surface area (Å²) in [4.78, 5) is 28.0. The molecule has 3 aromatic rings. The molecule has 0 aliphatic rings. The molecule has 3 rings (SSSR count). The molecule has 21 heavy (non-hydrogen) atoms. The van der Waals surface area contributed by atoms with Crippen molar-refractivity contribution in [3.63, 3.8) is 0 Å². The molecule has 0 saturated heterocycles. The number of aliphatic carboxylic acids is 1. The van der Waals surface area contributed by atoms with Crippen molar-refractivity contribution in [1.29, 1.82) is 0 Å². The maximum Gasteiger partial charge on any atom is 0.311 e. The van der Waals surface area contributed by atoms with Crippen LogP contribution < -0.4 is 5.56 Å². The number of fused-ring (bicyclic) bond motifs is 1. The van der Waals surface area contributed by atoms with Gasteiger partial charge in [0.15, 0.2) is 0 Å². The van der Waals surface area contributed by atoms with Gasteiger partial charge in [-0.25, -0.2) is 4.98 Å². The maximum atomic E-state index is 12.7. The molecule has 2 aromatic carbocycles. The van der Waals surface area contributed by atoms with Crippen LogP contribution in [0.3, 0.4) is 0 Å². The fourth-order valence-corrected chi connectivity index (χ4v) is 2.28. The van der Waals surface area contributed by atoms with Crippen molar-refractivity contribution >= 4 is 16.9 Å². The molecular weight excluding hydrogens is 268 g/mol. The van der Waals surface area contributed by atoms with Gasteiger partial charge in [-0.2, -0.15) is 0 Å². The summed E-state index contributed by atoms with van der Waals surface area (Å²) in [5.41, 5.74) is 0.853. The molecule has 1 aromatic heterocycles. The molecule has 1 heterocycles. The van der Waals surface area contributed by atoms with Crippen molar-refractivity contribution in [3.05, 3.63) is 70.8 Å². The predicted molar refractivity (Wildman–Crippen MR) is 78.7 cm³/mol. The fourth-order valence-electron chi connectivity index (χ4n) is 2.28. The summed E-state index contributed by atoms with van der Waals surface area (Å²) in [5.74, 6) is -0.806. The number of benzene rings is 2. The van der Waals surface area contributed by atoms with Gasteiger partial charge in [-0.15, -0.1) is 0 Å². The van der Waals surface area contributed by atoms with Crippen molar-refractivity contribution in [2.45, 2.75) is 6.42 Å². The molecule has 0 aliphatic heterocycles. The first kappa shape index (κ1) is 13.1. The highest BCUT2D eigenvalue weighted by Crippen LogP contribution is 2.13. The lowest BCUT2D eigenvalue weighted by Crippen LogP contribution is -2.25. The topological polar surface area (TPSA) is 72.2 Å². The number of aromatic nitrogens is 2. The number of hydrogen-bond donors (Lipinski definition) is 1. The molecule has 0 spiro atoms. The van der Waals surface area contributed by atoms with Gasteiger partial charge in [0.25, 0.3) is 5.56 Å². The van der Waals surface area contributed by atoms with E-state index in [2.05, 4.69) is 4.98 Å². The molecule has 104 valence electrons. The van der Waals surface area contributed by atoms with Crippen molar-refractivity contribution in [2.24, 2.45) is 0 Å². The van der Waals surface area contributed by atoms with E-state index in [4.69, 9.17) is 5.11 Å². The molecule has 5 heteroatoms. The van der Waals surface area contributed by atoms with Gasteiger partial charge in [0.05, 0.1) is 16.6 Å². The van der Waals surface area contributed by atoms with Crippen molar-refractivity contribution < 1.29 is 9.90 Å². The molecule has 0 radical (unpaired) electrons. The van der Waals surface area contributed by atoms with Gasteiger partial charge in [0.2, 0.25) is 0 Å². The van der Waals surface area contributed by atoms with Gasteiger partial charge >= 0.3 is 5.97 Å². The summed E-state index contributed by atoms with van der Waals surface area (Å²) in [6, 6.07) is 15.9. The number of hydrogen-bond acceptors (Lipinski definition) is 3. The lowest BCUT2D eigenvalue weighted by atomic mass is 10.2. The first-order chi connectivity index (χ1) is 10.2. The molecule has 0 saturated carbocycles. The normalized spacial score (nSPS) is 10.7. The zero-order chi connectivity index (χ0) is 14.8. The third-order valence-electron chi connectivity index (χ3n) is 3.17. The molecule has 5 nitrogen and oxygen atoms in total. The van der Waals surface area contributed by atoms with Crippen LogP contribution in [0.2, 0.25) is 0 Å². The minimum Gasteiger partial charge on any atom is -0.481 e. The Morgan fingerprint density at radius 2 is 1.71 bits per heavy atom. The third-order valence-corrected chi connectivity index (χ3v) is 3.17. The van der Waals surface area contributed by atoms with Crippen LogP contribution in [-0.2, 0) is 11.2 Å². The van der Waals surface area contributed by atoms with Gasteiger partial charge in [0, 0.05) is 0 Å². The lowest BCUT2D eigenvalue weighted by Gasteiger charge is -2.12. The van der Waals surface area contributed by atoms with Crippen LogP contribution in [0.1, 0.15) is 5.82 Å². The standard InChI is InChI=1S/C16H12N2O3/c19-15(20)10-14-17-13-9-5-4-8-12(13)16(21)18(14)11-6-2-1-3-7-11/h1-9H,10H2,(H,19,20). The zero-order valence-electron chi connectivity index (χ0n) is 11.1. The van der Waals surface area contributed by atoms with Crippen LogP contribution in [0.5, 0.6) is 0 Å². The summed E-state index contributed by atoms with van der Waals surface area (Å²) in [6.45, 7) is 0. The van der Waals surface area contributed by atoms with Crippen LogP contribution in [0, 0.1) is 0 Å². The summed E-state index contributed by atoms with van der Waals surface area (Å²) >= 11 is 0. The minimum atomic E-state index is -1.03. The van der Waals surface area contributed by atoms with Gasteiger partial charge in [-0.3, -0.25) is 14.2 Å². The summed E-state index contributed by atoms with van der Waals surface area (Å²) in [5, 5.41) is 9.51. The smallest absolute Gasteiger partial charge is 0.311 e. The van der Waals surface area contributed by atoms with Gasteiger partial charge in [-0.1, -0.05) is 30.3 Å². The average Bonchev–Trinajstić information content (AvgIpc) is 2.48. The fraction of sp³-hybridized carbons (Fsp3) is 0.0625. The first-order valence-electron chi connectivity index (χ1n) is 6.45. The van der Waals surface area contributed by atoms with E-state index in [0.29, 0.717) is 16.6 Å². The van der Waals surface area contributed by atoms with Crippen LogP contribution in [-0.4, -0.2) is 20.6 Å². The number of carbonyl (C=O) groups is 1. The summed E-state index contributed by atoms with van der Waals surface area (Å²) in [6.07, 6.45) is -0.311. The quantitative estimate of drug-likeness (QED) is 0.796. The lowest BCUT2D eigenvalue weighted by molar-refractivity contribution is -0.136. The Balaban J connectivity index is 2.37. The first-order valence-corrected chi connectivity index (χ1v) is 6.45. The predicted octanol–water partition coefficient (Wildman–Crippen LogP) is 2.01. The zero-order valence-corrected chi connectivity index (χ0v) is 11.1. The van der Waals surface area contributed by atoms with Gasteiger partial charge < -0.3 is 5.11 Å². The molecule has 0 unspecified atom stereocenters. The van der Waals surface area contributed by atoms with E-state index in [1.165, 1.54) is 4.57 Å². The highest BCUT2D eigenvalue weighted by Gasteiger charge is 2.14. The van der Waals surface area contributed by atoms with Gasteiger partial charge in [0.1, 0.15) is 12.2 Å². The van der Waals surface area contributed by atoms with E-state index in [1.54, 1.807) is 48.5 Å². The van der Waals surface area contributed by atoms with Crippen LogP contribution >= 0.6 is 0 Å². The number of nitrogens with zero attached hydrogens (tertiary/aromatic N) is 2. The molecular formula is C16H12N2O3. The number of carboxylic acids is 1. The van der Waals surface area contributed by atoms with Crippen LogP contribution in [0.15, 0.2) is 59.4 Å². The second-order valence-electron chi connectivity index (χ2n) is 4.59. The van der Waals surface area contributed by atoms with E-state index >= 15 is 0 Å². The number of rotatable bonds is 3. The van der Waals surface area contributed by atoms with E-state index in [9.17, 15) is 9.59 Å². The summed E-state index contributed by atoms with van der Waals surface area (Å²) < 4.78 is 1.36. The molecule has 0 aliphatic carbocycles. The van der Waals surface area contributed by atoms with Crippen molar-refractivity contribution in [3.8, 4) is 5.69 Å². The molecule has 1 N–H and O–H groups in total. The van der Waals surface area contributed by atoms with E-state index in [-0.39, 0.29) is 17.8 Å². The van der Waals surface area contributed by atoms with Crippen molar-refractivity contribution in [1.82, 2.24) is 9.55 Å². The Morgan fingerprint density at radius 1 is 1.05 bits per heavy atom. The van der Waals surface area contributed by atoms with Crippen LogP contribution in [0.4, 0.5) is 0 Å². The Bertz CT molecular complexity index is 870. The number of carboxylic acid groups (broad SMARTS) is 1. The third kappa shape index (κ3) is 2.41. The maximum absolute atomic E-state index is 12.7. The monoisotopic (exact) mass is 280 g/mol. The largest absolute Gasteiger partial charge is 0.481 e. The van der Waals surface area contributed by atoms with E-state index < -0.39 is 5.97 Å². The van der Waals surface area contributed by atoms with Crippen LogP contribution in [0.25, 0.3) is 16.6 Å². The molecule has 0 bridgehead atoms. The summed E-state index contributed by atoms with van der Waals surface area (Å²) in [7, 11) is 0. The average molecular weight is 280 g/mol. The SMILES string of the molecule is O=C(O)Cc1nc2ccccc2c(=O)n1-c1ccccc1.